The summed E-state index contributed by atoms with van der Waals surface area (Å²) in [5.41, 5.74) is 0.120. The summed E-state index contributed by atoms with van der Waals surface area (Å²) >= 11 is 0. The van der Waals surface area contributed by atoms with Crippen LogP contribution in [0.25, 0.3) is 11.0 Å². The minimum Gasteiger partial charge on any atom is -0.423 e. The Morgan fingerprint density at radius 2 is 1.83 bits per heavy atom. The first-order chi connectivity index (χ1) is 11.0. The normalized spacial score (nSPS) is 10.7. The van der Waals surface area contributed by atoms with E-state index >= 15 is 0 Å². The minimum absolute atomic E-state index is 0.0308. The molecule has 3 rings (SSSR count). The quantitative estimate of drug-likeness (QED) is 0.756. The lowest BCUT2D eigenvalue weighted by Gasteiger charge is -2.08. The van der Waals surface area contributed by atoms with Crippen LogP contribution in [-0.4, -0.2) is 5.91 Å². The zero-order chi connectivity index (χ0) is 16.4. The van der Waals surface area contributed by atoms with Crippen LogP contribution < -0.4 is 10.9 Å². The third kappa shape index (κ3) is 3.26. The first-order valence-electron chi connectivity index (χ1n) is 6.79. The topological polar surface area (TPSA) is 59.3 Å². The van der Waals surface area contributed by atoms with Gasteiger partial charge in [-0.1, -0.05) is 6.07 Å². The largest absolute Gasteiger partial charge is 0.423 e. The van der Waals surface area contributed by atoms with Crippen molar-refractivity contribution in [2.45, 2.75) is 6.54 Å². The van der Waals surface area contributed by atoms with Gasteiger partial charge in [-0.2, -0.15) is 0 Å². The van der Waals surface area contributed by atoms with E-state index in [1.165, 1.54) is 36.4 Å². The fourth-order valence-corrected chi connectivity index (χ4v) is 2.26. The van der Waals surface area contributed by atoms with Crippen LogP contribution in [0.2, 0.25) is 0 Å². The van der Waals surface area contributed by atoms with Gasteiger partial charge in [0.1, 0.15) is 17.2 Å². The first kappa shape index (κ1) is 14.9. The lowest BCUT2D eigenvalue weighted by Crippen LogP contribution is -2.23. The Kier molecular flexibility index (Phi) is 3.89. The molecule has 1 amide bonds. The molecule has 2 aromatic carbocycles. The molecule has 0 bridgehead atoms. The van der Waals surface area contributed by atoms with E-state index in [0.29, 0.717) is 10.9 Å². The molecule has 0 aliphatic rings. The van der Waals surface area contributed by atoms with E-state index in [-0.39, 0.29) is 17.7 Å². The highest BCUT2D eigenvalue weighted by Gasteiger charge is 2.10. The van der Waals surface area contributed by atoms with Crippen molar-refractivity contribution in [1.29, 1.82) is 0 Å². The molecule has 0 saturated heterocycles. The molecule has 0 fully saturated rings. The van der Waals surface area contributed by atoms with Gasteiger partial charge in [0.25, 0.3) is 5.91 Å². The number of rotatable bonds is 3. The highest BCUT2D eigenvalue weighted by molar-refractivity contribution is 5.94. The molecule has 1 N–H and O–H groups in total. The van der Waals surface area contributed by atoms with Gasteiger partial charge >= 0.3 is 5.63 Å². The molecule has 116 valence electrons. The molecule has 0 saturated carbocycles. The van der Waals surface area contributed by atoms with Crippen LogP contribution in [0, 0.1) is 11.6 Å². The summed E-state index contributed by atoms with van der Waals surface area (Å²) < 4.78 is 31.3. The summed E-state index contributed by atoms with van der Waals surface area (Å²) in [5, 5.41) is 3.12. The van der Waals surface area contributed by atoms with Crippen molar-refractivity contribution in [3.63, 3.8) is 0 Å². The molecule has 0 atom stereocenters. The van der Waals surface area contributed by atoms with Crippen LogP contribution in [0.4, 0.5) is 8.78 Å². The Balaban J connectivity index is 1.87. The number of halogens is 2. The second-order valence-corrected chi connectivity index (χ2v) is 4.92. The van der Waals surface area contributed by atoms with E-state index in [9.17, 15) is 18.4 Å². The molecule has 0 spiro atoms. The maximum Gasteiger partial charge on any atom is 0.336 e. The molecule has 1 heterocycles. The van der Waals surface area contributed by atoms with Gasteiger partial charge in [0.15, 0.2) is 0 Å². The van der Waals surface area contributed by atoms with E-state index in [2.05, 4.69) is 5.32 Å². The maximum atomic E-state index is 13.2. The second-order valence-electron chi connectivity index (χ2n) is 4.92. The van der Waals surface area contributed by atoms with Gasteiger partial charge in [0.05, 0.1) is 0 Å². The van der Waals surface area contributed by atoms with Gasteiger partial charge in [-0.3, -0.25) is 4.79 Å². The zero-order valence-electron chi connectivity index (χ0n) is 11.8. The van der Waals surface area contributed by atoms with E-state index in [0.717, 1.165) is 12.1 Å². The standard InChI is InChI=1S/C17H11F2NO3/c18-12-3-1-2-10(6-12)17(22)20-9-11-7-16(21)23-15-8-13(19)4-5-14(11)15/h1-8H,9H2,(H,20,22). The number of hydrogen-bond donors (Lipinski definition) is 1. The Morgan fingerprint density at radius 1 is 1.04 bits per heavy atom. The van der Waals surface area contributed by atoms with Gasteiger partial charge in [0.2, 0.25) is 0 Å². The predicted octanol–water partition coefficient (Wildman–Crippen LogP) is 3.00. The molecular weight excluding hydrogens is 304 g/mol. The Morgan fingerprint density at radius 3 is 2.61 bits per heavy atom. The monoisotopic (exact) mass is 315 g/mol. The van der Waals surface area contributed by atoms with Gasteiger partial charge < -0.3 is 9.73 Å². The first-order valence-corrected chi connectivity index (χ1v) is 6.79. The number of hydrogen-bond acceptors (Lipinski definition) is 3. The number of carbonyl (C=O) groups is 1. The van der Waals surface area contributed by atoms with E-state index in [1.54, 1.807) is 0 Å². The molecule has 1 aromatic heterocycles. The number of carbonyl (C=O) groups excluding carboxylic acids is 1. The van der Waals surface area contributed by atoms with Crippen LogP contribution in [0.3, 0.4) is 0 Å². The van der Waals surface area contributed by atoms with Crippen LogP contribution in [0.5, 0.6) is 0 Å². The molecule has 3 aromatic rings. The molecule has 0 unspecified atom stereocenters. The van der Waals surface area contributed by atoms with Crippen LogP contribution in [-0.2, 0) is 6.54 Å². The summed E-state index contributed by atoms with van der Waals surface area (Å²) in [5.74, 6) is -1.52. The summed E-state index contributed by atoms with van der Waals surface area (Å²) in [6.45, 7) is 0.0308. The smallest absolute Gasteiger partial charge is 0.336 e. The summed E-state index contributed by atoms with van der Waals surface area (Å²) in [6.07, 6.45) is 0. The third-order valence-electron chi connectivity index (χ3n) is 3.32. The zero-order valence-corrected chi connectivity index (χ0v) is 11.8. The highest BCUT2D eigenvalue weighted by Crippen LogP contribution is 2.18. The van der Waals surface area contributed by atoms with Crippen LogP contribution in [0.15, 0.2) is 57.7 Å². The van der Waals surface area contributed by atoms with E-state index in [1.807, 2.05) is 0 Å². The number of benzene rings is 2. The molecular formula is C17H11F2NO3. The van der Waals surface area contributed by atoms with E-state index in [4.69, 9.17) is 4.42 Å². The molecule has 0 aliphatic heterocycles. The summed E-state index contributed by atoms with van der Waals surface area (Å²) in [4.78, 5) is 23.5. The van der Waals surface area contributed by atoms with Crippen LogP contribution in [0.1, 0.15) is 15.9 Å². The van der Waals surface area contributed by atoms with Gasteiger partial charge in [-0.05, 0) is 35.9 Å². The number of nitrogens with one attached hydrogen (secondary N) is 1. The van der Waals surface area contributed by atoms with Crippen LogP contribution >= 0.6 is 0 Å². The van der Waals surface area contributed by atoms with Crippen molar-refractivity contribution in [2.75, 3.05) is 0 Å². The molecule has 0 radical (unpaired) electrons. The Labute approximate surface area is 129 Å². The molecule has 23 heavy (non-hydrogen) atoms. The minimum atomic E-state index is -0.641. The highest BCUT2D eigenvalue weighted by atomic mass is 19.1. The molecule has 6 heteroatoms. The van der Waals surface area contributed by atoms with Crippen molar-refractivity contribution < 1.29 is 18.0 Å². The maximum absolute atomic E-state index is 13.2. The van der Waals surface area contributed by atoms with E-state index < -0.39 is 23.2 Å². The van der Waals surface area contributed by atoms with Gasteiger partial charge in [-0.25, -0.2) is 13.6 Å². The Hall–Kier alpha value is -3.02. The number of fused-ring (bicyclic) bond motifs is 1. The molecule has 4 nitrogen and oxygen atoms in total. The van der Waals surface area contributed by atoms with Crippen molar-refractivity contribution >= 4 is 16.9 Å². The van der Waals surface area contributed by atoms with Gasteiger partial charge in [0, 0.05) is 29.6 Å². The van der Waals surface area contributed by atoms with Gasteiger partial charge in [-0.15, -0.1) is 0 Å². The lowest BCUT2D eigenvalue weighted by atomic mass is 10.1. The fraction of sp³-hybridized carbons (Fsp3) is 0.0588. The van der Waals surface area contributed by atoms with Crippen molar-refractivity contribution in [3.8, 4) is 0 Å². The average Bonchev–Trinajstić information content (AvgIpc) is 2.51. The fourth-order valence-electron chi connectivity index (χ4n) is 2.26. The van der Waals surface area contributed by atoms with Crippen molar-refractivity contribution in [3.05, 3.63) is 81.7 Å². The second kappa shape index (κ2) is 6.00. The summed E-state index contributed by atoms with van der Waals surface area (Å²) in [6, 6.07) is 10.3. The molecule has 0 aliphatic carbocycles. The predicted molar refractivity (Wildman–Crippen MR) is 80.0 cm³/mol. The lowest BCUT2D eigenvalue weighted by molar-refractivity contribution is 0.0950. The number of amides is 1. The third-order valence-corrected chi connectivity index (χ3v) is 3.32. The van der Waals surface area contributed by atoms with Crippen molar-refractivity contribution in [1.82, 2.24) is 5.32 Å². The Bertz CT molecular complexity index is 950. The SMILES string of the molecule is O=C(NCc1cc(=O)oc2cc(F)ccc12)c1cccc(F)c1. The average molecular weight is 315 g/mol. The summed E-state index contributed by atoms with van der Waals surface area (Å²) in [7, 11) is 0. The van der Waals surface area contributed by atoms with Crippen molar-refractivity contribution in [2.24, 2.45) is 0 Å².